The molecule has 1 aliphatic carbocycles. The van der Waals surface area contributed by atoms with E-state index in [9.17, 15) is 4.79 Å². The predicted molar refractivity (Wildman–Crippen MR) is 103 cm³/mol. The number of carbonyl (C=O) groups excluding carboxylic acids is 1. The Morgan fingerprint density at radius 1 is 1.21 bits per heavy atom. The molecule has 0 spiro atoms. The summed E-state index contributed by atoms with van der Waals surface area (Å²) in [5.41, 5.74) is 4.56. The largest absolute Gasteiger partial charge is 0.486 e. The molecular weight excluding hydrogens is 358 g/mol. The van der Waals surface area contributed by atoms with Crippen LogP contribution in [-0.2, 0) is 19.4 Å². The van der Waals surface area contributed by atoms with Gasteiger partial charge in [0.2, 0.25) is 0 Å². The molecule has 1 amide bonds. The molecule has 0 saturated carbocycles. The maximum atomic E-state index is 12.9. The van der Waals surface area contributed by atoms with Gasteiger partial charge in [-0.15, -0.1) is 0 Å². The van der Waals surface area contributed by atoms with Crippen molar-refractivity contribution in [1.82, 2.24) is 9.78 Å². The molecule has 2 aromatic heterocycles. The number of ether oxygens (including phenoxy) is 2. The van der Waals surface area contributed by atoms with E-state index < -0.39 is 0 Å². The molecule has 1 aliphatic heterocycles. The summed E-state index contributed by atoms with van der Waals surface area (Å²) in [7, 11) is 0. The average molecular weight is 379 g/mol. The average Bonchev–Trinajstić information content (AvgIpc) is 3.28. The van der Waals surface area contributed by atoms with E-state index in [0.717, 1.165) is 42.0 Å². The smallest absolute Gasteiger partial charge is 0.291 e. The summed E-state index contributed by atoms with van der Waals surface area (Å²) in [5.74, 6) is 2.21. The predicted octanol–water partition coefficient (Wildman–Crippen LogP) is 3.59. The molecule has 0 radical (unpaired) electrons. The van der Waals surface area contributed by atoms with E-state index >= 15 is 0 Å². The molecule has 0 fully saturated rings. The Labute approximate surface area is 162 Å². The number of benzene rings is 1. The number of rotatable bonds is 3. The number of carbonyl (C=O) groups is 1. The van der Waals surface area contributed by atoms with Crippen LogP contribution in [0.4, 0.5) is 5.69 Å². The van der Waals surface area contributed by atoms with E-state index in [2.05, 4.69) is 23.5 Å². The Kier molecular flexibility index (Phi) is 3.89. The fourth-order valence-electron chi connectivity index (χ4n) is 3.85. The van der Waals surface area contributed by atoms with Gasteiger partial charge in [0.05, 0.1) is 5.69 Å². The Bertz CT molecular complexity index is 1080. The lowest BCUT2D eigenvalue weighted by Gasteiger charge is -2.18. The zero-order valence-corrected chi connectivity index (χ0v) is 15.9. The van der Waals surface area contributed by atoms with E-state index in [4.69, 9.17) is 13.9 Å². The first kappa shape index (κ1) is 16.9. The van der Waals surface area contributed by atoms with Gasteiger partial charge in [-0.25, -0.2) is 0 Å². The quantitative estimate of drug-likeness (QED) is 0.752. The normalized spacial score (nSPS) is 14.4. The summed E-state index contributed by atoms with van der Waals surface area (Å²) in [6, 6.07) is 5.37. The Balaban J connectivity index is 1.45. The zero-order chi connectivity index (χ0) is 19.3. The zero-order valence-electron chi connectivity index (χ0n) is 15.9. The molecule has 1 N–H and O–H groups in total. The van der Waals surface area contributed by atoms with Crippen LogP contribution in [0.2, 0.25) is 0 Å². The number of hydrogen-bond acceptors (Lipinski definition) is 5. The molecule has 0 atom stereocenters. The Morgan fingerprint density at radius 3 is 2.86 bits per heavy atom. The first-order valence-electron chi connectivity index (χ1n) is 9.54. The summed E-state index contributed by atoms with van der Waals surface area (Å²) in [6.45, 7) is 5.83. The number of hydrogen-bond donors (Lipinski definition) is 1. The number of aryl methyl sites for hydroxylation is 3. The number of amides is 1. The highest BCUT2D eigenvalue weighted by molar-refractivity contribution is 6.04. The maximum absolute atomic E-state index is 12.9. The van der Waals surface area contributed by atoms with Crippen LogP contribution in [0.1, 0.15) is 34.4 Å². The van der Waals surface area contributed by atoms with Gasteiger partial charge in [-0.3, -0.25) is 9.48 Å². The minimum atomic E-state index is -0.278. The van der Waals surface area contributed by atoms with E-state index in [1.165, 1.54) is 5.56 Å². The molecule has 2 aliphatic rings. The van der Waals surface area contributed by atoms with Crippen molar-refractivity contribution in [3.05, 3.63) is 47.0 Å². The third kappa shape index (κ3) is 2.66. The molecule has 0 saturated heterocycles. The fourth-order valence-corrected chi connectivity index (χ4v) is 3.85. The highest BCUT2D eigenvalue weighted by Crippen LogP contribution is 2.39. The van der Waals surface area contributed by atoms with Crippen LogP contribution in [-0.4, -0.2) is 28.9 Å². The van der Waals surface area contributed by atoms with Gasteiger partial charge in [0.1, 0.15) is 19.0 Å². The molecule has 0 unspecified atom stereocenters. The van der Waals surface area contributed by atoms with Gasteiger partial charge in [-0.1, -0.05) is 0 Å². The number of fused-ring (bicyclic) bond motifs is 4. The molecular formula is C21H21N3O4. The summed E-state index contributed by atoms with van der Waals surface area (Å²) in [5, 5.41) is 7.58. The van der Waals surface area contributed by atoms with Gasteiger partial charge >= 0.3 is 0 Å². The monoisotopic (exact) mass is 379 g/mol. The third-order valence-electron chi connectivity index (χ3n) is 5.25. The SMILES string of the molecule is CCn1cc2c(n1)-c1c(oc(C(=O)Nc3ccc4c(c3)OCCO4)c1C)CC2. The molecule has 144 valence electrons. The van der Waals surface area contributed by atoms with Gasteiger partial charge in [-0.05, 0) is 38.0 Å². The number of furan rings is 1. The van der Waals surface area contributed by atoms with Crippen LogP contribution in [0.5, 0.6) is 11.5 Å². The van der Waals surface area contributed by atoms with Crippen molar-refractivity contribution in [2.75, 3.05) is 18.5 Å². The lowest BCUT2D eigenvalue weighted by molar-refractivity contribution is 0.0994. The van der Waals surface area contributed by atoms with Crippen molar-refractivity contribution in [2.24, 2.45) is 0 Å². The van der Waals surface area contributed by atoms with E-state index in [1.54, 1.807) is 18.2 Å². The molecule has 3 aromatic rings. The minimum absolute atomic E-state index is 0.278. The van der Waals surface area contributed by atoms with Gasteiger partial charge < -0.3 is 19.2 Å². The van der Waals surface area contributed by atoms with Crippen LogP contribution < -0.4 is 14.8 Å². The lowest BCUT2D eigenvalue weighted by atomic mass is 9.93. The minimum Gasteiger partial charge on any atom is -0.486 e. The summed E-state index contributed by atoms with van der Waals surface area (Å²) < 4.78 is 19.0. The van der Waals surface area contributed by atoms with Crippen molar-refractivity contribution in [3.8, 4) is 22.8 Å². The molecule has 28 heavy (non-hydrogen) atoms. The summed E-state index contributed by atoms with van der Waals surface area (Å²) in [4.78, 5) is 12.9. The van der Waals surface area contributed by atoms with Crippen LogP contribution in [0.25, 0.3) is 11.3 Å². The van der Waals surface area contributed by atoms with Gasteiger partial charge in [-0.2, -0.15) is 5.10 Å². The summed E-state index contributed by atoms with van der Waals surface area (Å²) >= 11 is 0. The van der Waals surface area contributed by atoms with Gasteiger partial charge in [0.15, 0.2) is 17.3 Å². The molecule has 7 heteroatoms. The topological polar surface area (TPSA) is 78.5 Å². The Morgan fingerprint density at radius 2 is 2.04 bits per heavy atom. The van der Waals surface area contributed by atoms with Crippen LogP contribution in [0, 0.1) is 6.92 Å². The molecule has 3 heterocycles. The molecule has 5 rings (SSSR count). The highest BCUT2D eigenvalue weighted by atomic mass is 16.6. The van der Waals surface area contributed by atoms with Crippen LogP contribution in [0.3, 0.4) is 0 Å². The maximum Gasteiger partial charge on any atom is 0.291 e. The highest BCUT2D eigenvalue weighted by Gasteiger charge is 2.29. The number of anilines is 1. The van der Waals surface area contributed by atoms with Crippen molar-refractivity contribution in [2.45, 2.75) is 33.2 Å². The fraction of sp³-hybridized carbons (Fsp3) is 0.333. The molecule has 1 aromatic carbocycles. The first-order valence-corrected chi connectivity index (χ1v) is 9.54. The Hall–Kier alpha value is -3.22. The van der Waals surface area contributed by atoms with Crippen molar-refractivity contribution < 1.29 is 18.7 Å². The van der Waals surface area contributed by atoms with Crippen molar-refractivity contribution in [1.29, 1.82) is 0 Å². The number of nitrogens with one attached hydrogen (secondary N) is 1. The van der Waals surface area contributed by atoms with Crippen LogP contribution >= 0.6 is 0 Å². The van der Waals surface area contributed by atoms with Crippen molar-refractivity contribution in [3.63, 3.8) is 0 Å². The third-order valence-corrected chi connectivity index (χ3v) is 5.25. The van der Waals surface area contributed by atoms with Crippen molar-refractivity contribution >= 4 is 11.6 Å². The second-order valence-electron chi connectivity index (χ2n) is 7.03. The first-order chi connectivity index (χ1) is 13.6. The van der Waals surface area contributed by atoms with Gasteiger partial charge in [0.25, 0.3) is 5.91 Å². The summed E-state index contributed by atoms with van der Waals surface area (Å²) in [6.07, 6.45) is 3.73. The lowest BCUT2D eigenvalue weighted by Crippen LogP contribution is -2.16. The molecule has 7 nitrogen and oxygen atoms in total. The standard InChI is InChI=1S/C21H21N3O4/c1-3-24-11-13-4-6-16-18(19(13)23-24)12(2)20(28-16)21(25)22-14-5-7-15-17(10-14)27-9-8-26-15/h5,7,10-11H,3-4,6,8-9H2,1-2H3,(H,22,25). The number of aromatic nitrogens is 2. The van der Waals surface area contributed by atoms with E-state index in [0.29, 0.717) is 36.2 Å². The second kappa shape index (κ2) is 6.44. The van der Waals surface area contributed by atoms with Crippen LogP contribution in [0.15, 0.2) is 28.8 Å². The van der Waals surface area contributed by atoms with E-state index in [-0.39, 0.29) is 5.91 Å². The van der Waals surface area contributed by atoms with E-state index in [1.807, 2.05) is 11.6 Å². The molecule has 0 bridgehead atoms. The number of nitrogens with zero attached hydrogens (tertiary/aromatic N) is 2. The second-order valence-corrected chi connectivity index (χ2v) is 7.03. The van der Waals surface area contributed by atoms with Gasteiger partial charge in [0, 0.05) is 42.0 Å².